The topological polar surface area (TPSA) is 46.8 Å². The zero-order chi connectivity index (χ0) is 17.2. The SMILES string of the molecule is Cc1cccc(CN2CCCc3c(-c4cccnc4)nn(C)c3C2)n1. The number of nitrogens with zero attached hydrogens (tertiary/aromatic N) is 5. The lowest BCUT2D eigenvalue weighted by atomic mass is 10.0. The van der Waals surface area contributed by atoms with Crippen molar-refractivity contribution in [2.75, 3.05) is 6.54 Å². The molecule has 0 aliphatic carbocycles. The summed E-state index contributed by atoms with van der Waals surface area (Å²) in [7, 11) is 2.05. The van der Waals surface area contributed by atoms with E-state index in [9.17, 15) is 0 Å². The summed E-state index contributed by atoms with van der Waals surface area (Å²) < 4.78 is 2.04. The quantitative estimate of drug-likeness (QED) is 0.739. The van der Waals surface area contributed by atoms with Gasteiger partial charge in [0.2, 0.25) is 0 Å². The van der Waals surface area contributed by atoms with E-state index in [-0.39, 0.29) is 0 Å². The van der Waals surface area contributed by atoms with Crippen LogP contribution in [0.25, 0.3) is 11.3 Å². The second-order valence-electron chi connectivity index (χ2n) is 6.72. The first kappa shape index (κ1) is 16.0. The molecule has 0 amide bonds. The highest BCUT2D eigenvalue weighted by molar-refractivity contribution is 5.63. The minimum absolute atomic E-state index is 0.883. The molecule has 0 saturated carbocycles. The van der Waals surface area contributed by atoms with Crippen LogP contribution < -0.4 is 0 Å². The maximum atomic E-state index is 4.79. The van der Waals surface area contributed by atoms with Gasteiger partial charge >= 0.3 is 0 Å². The molecule has 0 atom stereocenters. The van der Waals surface area contributed by atoms with Gasteiger partial charge in [0.25, 0.3) is 0 Å². The lowest BCUT2D eigenvalue weighted by molar-refractivity contribution is 0.251. The Labute approximate surface area is 148 Å². The van der Waals surface area contributed by atoms with Gasteiger partial charge in [0, 0.05) is 49.4 Å². The Morgan fingerprint density at radius 1 is 1.16 bits per heavy atom. The number of hydrogen-bond donors (Lipinski definition) is 0. The third-order valence-electron chi connectivity index (χ3n) is 4.82. The van der Waals surface area contributed by atoms with Crippen molar-refractivity contribution in [3.63, 3.8) is 0 Å². The molecular formula is C20H23N5. The molecule has 1 aliphatic heterocycles. The van der Waals surface area contributed by atoms with E-state index in [2.05, 4.69) is 33.1 Å². The van der Waals surface area contributed by atoms with Crippen molar-refractivity contribution in [1.29, 1.82) is 0 Å². The number of pyridine rings is 2. The van der Waals surface area contributed by atoms with E-state index in [1.807, 2.05) is 43.2 Å². The van der Waals surface area contributed by atoms with E-state index in [0.717, 1.165) is 55.1 Å². The largest absolute Gasteiger partial charge is 0.292 e. The molecule has 3 aromatic heterocycles. The smallest absolute Gasteiger partial charge is 0.0973 e. The molecular weight excluding hydrogens is 310 g/mol. The molecule has 128 valence electrons. The van der Waals surface area contributed by atoms with Gasteiger partial charge in [-0.3, -0.25) is 19.5 Å². The Morgan fingerprint density at radius 2 is 2.08 bits per heavy atom. The Hall–Kier alpha value is -2.53. The van der Waals surface area contributed by atoms with Crippen LogP contribution in [-0.2, 0) is 26.6 Å². The molecule has 25 heavy (non-hydrogen) atoms. The van der Waals surface area contributed by atoms with Crippen LogP contribution in [0.1, 0.15) is 29.1 Å². The lowest BCUT2D eigenvalue weighted by Crippen LogP contribution is -2.24. The molecule has 0 unspecified atom stereocenters. The van der Waals surface area contributed by atoms with E-state index in [1.54, 1.807) is 0 Å². The van der Waals surface area contributed by atoms with E-state index < -0.39 is 0 Å². The van der Waals surface area contributed by atoms with Gasteiger partial charge in [0.15, 0.2) is 0 Å². The summed E-state index contributed by atoms with van der Waals surface area (Å²) in [5.41, 5.74) is 7.08. The summed E-state index contributed by atoms with van der Waals surface area (Å²) in [6.45, 7) is 4.92. The molecule has 1 aliphatic rings. The van der Waals surface area contributed by atoms with E-state index in [1.165, 1.54) is 11.3 Å². The molecule has 0 saturated heterocycles. The average molecular weight is 333 g/mol. The number of fused-ring (bicyclic) bond motifs is 1. The predicted octanol–water partition coefficient (Wildman–Crippen LogP) is 3.13. The number of rotatable bonds is 3. The van der Waals surface area contributed by atoms with Crippen molar-refractivity contribution in [2.45, 2.75) is 32.9 Å². The second-order valence-corrected chi connectivity index (χ2v) is 6.72. The van der Waals surface area contributed by atoms with Crippen LogP contribution in [0.5, 0.6) is 0 Å². The molecule has 0 N–H and O–H groups in total. The molecule has 5 nitrogen and oxygen atoms in total. The van der Waals surface area contributed by atoms with Crippen LogP contribution >= 0.6 is 0 Å². The molecule has 0 spiro atoms. The van der Waals surface area contributed by atoms with E-state index in [4.69, 9.17) is 5.10 Å². The summed E-state index contributed by atoms with van der Waals surface area (Å²) >= 11 is 0. The van der Waals surface area contributed by atoms with Gasteiger partial charge in [-0.05, 0) is 50.6 Å². The Kier molecular flexibility index (Phi) is 4.32. The highest BCUT2D eigenvalue weighted by Gasteiger charge is 2.23. The van der Waals surface area contributed by atoms with E-state index in [0.29, 0.717) is 0 Å². The van der Waals surface area contributed by atoms with Crippen LogP contribution in [0.15, 0.2) is 42.7 Å². The molecule has 0 bridgehead atoms. The first-order chi connectivity index (χ1) is 12.2. The molecule has 0 aromatic carbocycles. The first-order valence-corrected chi connectivity index (χ1v) is 8.81. The maximum absolute atomic E-state index is 4.79. The van der Waals surface area contributed by atoms with Gasteiger partial charge in [-0.1, -0.05) is 6.07 Å². The van der Waals surface area contributed by atoms with Crippen molar-refractivity contribution in [3.8, 4) is 11.3 Å². The zero-order valence-electron chi connectivity index (χ0n) is 14.8. The molecule has 0 fully saturated rings. The van der Waals surface area contributed by atoms with Crippen molar-refractivity contribution in [2.24, 2.45) is 7.05 Å². The minimum atomic E-state index is 0.883. The van der Waals surface area contributed by atoms with Crippen molar-refractivity contribution < 1.29 is 0 Å². The standard InChI is InChI=1S/C20H23N5/c1-15-6-3-8-17(22-15)13-25-11-5-9-18-19(14-25)24(2)23-20(18)16-7-4-10-21-12-16/h3-4,6-8,10,12H,5,9,11,13-14H2,1-2H3. The fourth-order valence-electron chi connectivity index (χ4n) is 3.62. The molecule has 5 heteroatoms. The fourth-order valence-corrected chi connectivity index (χ4v) is 3.62. The maximum Gasteiger partial charge on any atom is 0.0973 e. The highest BCUT2D eigenvalue weighted by atomic mass is 15.3. The van der Waals surface area contributed by atoms with Gasteiger partial charge in [-0.25, -0.2) is 0 Å². The zero-order valence-corrected chi connectivity index (χ0v) is 14.8. The predicted molar refractivity (Wildman–Crippen MR) is 97.8 cm³/mol. The average Bonchev–Trinajstić information content (AvgIpc) is 2.79. The number of aryl methyl sites for hydroxylation is 2. The number of hydrogen-bond acceptors (Lipinski definition) is 4. The van der Waals surface area contributed by atoms with Gasteiger partial charge in [0.05, 0.1) is 17.1 Å². The normalized spacial score (nSPS) is 15.0. The van der Waals surface area contributed by atoms with Crippen molar-refractivity contribution in [3.05, 3.63) is 65.4 Å². The third kappa shape index (κ3) is 3.33. The van der Waals surface area contributed by atoms with Crippen LogP contribution in [0.4, 0.5) is 0 Å². The fraction of sp³-hybridized carbons (Fsp3) is 0.350. The summed E-state index contributed by atoms with van der Waals surface area (Å²) in [5.74, 6) is 0. The molecule has 3 aromatic rings. The van der Waals surface area contributed by atoms with Gasteiger partial charge < -0.3 is 0 Å². The van der Waals surface area contributed by atoms with Crippen LogP contribution in [-0.4, -0.2) is 31.2 Å². The summed E-state index contributed by atoms with van der Waals surface area (Å²) in [6.07, 6.45) is 5.91. The minimum Gasteiger partial charge on any atom is -0.292 e. The first-order valence-electron chi connectivity index (χ1n) is 8.81. The van der Waals surface area contributed by atoms with Gasteiger partial charge in [-0.15, -0.1) is 0 Å². The molecule has 0 radical (unpaired) electrons. The third-order valence-corrected chi connectivity index (χ3v) is 4.82. The molecule has 4 rings (SSSR count). The number of aromatic nitrogens is 4. The Balaban J connectivity index is 1.62. The van der Waals surface area contributed by atoms with E-state index >= 15 is 0 Å². The Bertz CT molecular complexity index is 869. The van der Waals surface area contributed by atoms with Gasteiger partial charge in [-0.2, -0.15) is 5.10 Å². The monoisotopic (exact) mass is 333 g/mol. The van der Waals surface area contributed by atoms with Gasteiger partial charge in [0.1, 0.15) is 0 Å². The molecule has 4 heterocycles. The van der Waals surface area contributed by atoms with Crippen molar-refractivity contribution in [1.82, 2.24) is 24.6 Å². The van der Waals surface area contributed by atoms with Crippen molar-refractivity contribution >= 4 is 0 Å². The summed E-state index contributed by atoms with van der Waals surface area (Å²) in [5, 5.41) is 4.79. The van der Waals surface area contributed by atoms with Crippen LogP contribution in [0.3, 0.4) is 0 Å². The Morgan fingerprint density at radius 3 is 2.88 bits per heavy atom. The highest BCUT2D eigenvalue weighted by Crippen LogP contribution is 2.29. The summed E-state index contributed by atoms with van der Waals surface area (Å²) in [4.78, 5) is 11.4. The van der Waals surface area contributed by atoms with Crippen LogP contribution in [0.2, 0.25) is 0 Å². The second kappa shape index (κ2) is 6.76. The summed E-state index contributed by atoms with van der Waals surface area (Å²) in [6, 6.07) is 10.3. The lowest BCUT2D eigenvalue weighted by Gasteiger charge is -2.20. The van der Waals surface area contributed by atoms with Crippen LogP contribution in [0, 0.1) is 6.92 Å².